The number of hydrogen-bond acceptors (Lipinski definition) is 3. The van der Waals surface area contributed by atoms with Crippen LogP contribution in [0.1, 0.15) is 15.9 Å². The van der Waals surface area contributed by atoms with Crippen LogP contribution in [0.3, 0.4) is 0 Å². The smallest absolute Gasteiger partial charge is 0.337 e. The number of nitrogen functional groups attached to an aromatic ring is 1. The van der Waals surface area contributed by atoms with Crippen LogP contribution in [0.4, 0.5) is 5.69 Å². The van der Waals surface area contributed by atoms with Crippen molar-refractivity contribution < 1.29 is 15.0 Å². The molecule has 0 unspecified atom stereocenters. The van der Waals surface area contributed by atoms with Crippen molar-refractivity contribution in [1.82, 2.24) is 0 Å². The summed E-state index contributed by atoms with van der Waals surface area (Å²) in [6.45, 7) is 1.65. The summed E-state index contributed by atoms with van der Waals surface area (Å²) in [5.74, 6) is -1.29. The zero-order chi connectivity index (χ0) is 9.30. The Bertz CT molecular complexity index is 333. The molecular formula is C8H9NO3. The predicted molar refractivity (Wildman–Crippen MR) is 44.2 cm³/mol. The van der Waals surface area contributed by atoms with Crippen molar-refractivity contribution in [2.45, 2.75) is 6.92 Å². The molecule has 12 heavy (non-hydrogen) atoms. The first-order valence-corrected chi connectivity index (χ1v) is 3.35. The molecule has 0 bridgehead atoms. The first-order valence-electron chi connectivity index (χ1n) is 3.35. The number of aromatic hydroxyl groups is 1. The minimum Gasteiger partial charge on any atom is -0.505 e. The molecule has 0 saturated heterocycles. The molecule has 0 radical (unpaired) electrons. The number of benzene rings is 1. The van der Waals surface area contributed by atoms with Gasteiger partial charge in [-0.3, -0.25) is 0 Å². The molecule has 0 aliphatic heterocycles. The molecule has 0 spiro atoms. The van der Waals surface area contributed by atoms with E-state index in [1.807, 2.05) is 0 Å². The van der Waals surface area contributed by atoms with E-state index in [1.165, 1.54) is 12.1 Å². The third-order valence-corrected chi connectivity index (χ3v) is 1.65. The first kappa shape index (κ1) is 8.39. The van der Waals surface area contributed by atoms with Gasteiger partial charge in [0.25, 0.3) is 0 Å². The van der Waals surface area contributed by atoms with Crippen molar-refractivity contribution in [3.8, 4) is 5.75 Å². The van der Waals surface area contributed by atoms with Gasteiger partial charge in [0.2, 0.25) is 0 Å². The summed E-state index contributed by atoms with van der Waals surface area (Å²) in [5.41, 5.74) is 5.77. The standard InChI is InChI=1S/C8H9NO3/c1-4-2-3-5(8(11)12)6(9)7(4)10/h2-3,10H,9H2,1H3,(H,11,12). The van der Waals surface area contributed by atoms with E-state index in [2.05, 4.69) is 0 Å². The van der Waals surface area contributed by atoms with Gasteiger partial charge in [0.05, 0.1) is 11.3 Å². The molecule has 1 aromatic carbocycles. The SMILES string of the molecule is Cc1ccc(C(=O)O)c(N)c1O. The van der Waals surface area contributed by atoms with Crippen molar-refractivity contribution >= 4 is 11.7 Å². The number of rotatable bonds is 1. The highest BCUT2D eigenvalue weighted by Crippen LogP contribution is 2.27. The quantitative estimate of drug-likeness (QED) is 0.430. The van der Waals surface area contributed by atoms with E-state index >= 15 is 0 Å². The van der Waals surface area contributed by atoms with Gasteiger partial charge < -0.3 is 15.9 Å². The molecule has 0 fully saturated rings. The third-order valence-electron chi connectivity index (χ3n) is 1.65. The lowest BCUT2D eigenvalue weighted by Crippen LogP contribution is -2.02. The van der Waals surface area contributed by atoms with Crippen LogP contribution in [-0.2, 0) is 0 Å². The maximum absolute atomic E-state index is 10.5. The number of phenols is 1. The summed E-state index contributed by atoms with van der Waals surface area (Å²) in [4.78, 5) is 10.5. The fourth-order valence-electron chi connectivity index (χ4n) is 0.904. The summed E-state index contributed by atoms with van der Waals surface area (Å²) in [7, 11) is 0. The maximum atomic E-state index is 10.5. The average molecular weight is 167 g/mol. The normalized spacial score (nSPS) is 9.75. The number of phenolic OH excluding ortho intramolecular Hbond substituents is 1. The summed E-state index contributed by atoms with van der Waals surface area (Å²) < 4.78 is 0. The number of carbonyl (C=O) groups is 1. The highest BCUT2D eigenvalue weighted by atomic mass is 16.4. The molecule has 64 valence electrons. The van der Waals surface area contributed by atoms with Gasteiger partial charge in [-0.05, 0) is 18.6 Å². The minimum absolute atomic E-state index is 0.0712. The van der Waals surface area contributed by atoms with Crippen LogP contribution in [0.5, 0.6) is 5.75 Å². The van der Waals surface area contributed by atoms with Crippen LogP contribution in [-0.4, -0.2) is 16.2 Å². The Hall–Kier alpha value is -1.71. The first-order chi connectivity index (χ1) is 5.54. The Morgan fingerprint density at radius 1 is 1.50 bits per heavy atom. The Kier molecular flexibility index (Phi) is 1.91. The van der Waals surface area contributed by atoms with E-state index in [1.54, 1.807) is 6.92 Å². The fraction of sp³-hybridized carbons (Fsp3) is 0.125. The van der Waals surface area contributed by atoms with Crippen molar-refractivity contribution in [3.63, 3.8) is 0 Å². The van der Waals surface area contributed by atoms with Crippen molar-refractivity contribution in [1.29, 1.82) is 0 Å². The van der Waals surface area contributed by atoms with Gasteiger partial charge in [-0.15, -0.1) is 0 Å². The second kappa shape index (κ2) is 2.73. The van der Waals surface area contributed by atoms with E-state index in [4.69, 9.17) is 10.8 Å². The molecule has 0 atom stereocenters. The van der Waals surface area contributed by atoms with E-state index in [0.717, 1.165) is 0 Å². The molecule has 4 heteroatoms. The molecule has 0 heterocycles. The molecule has 4 N–H and O–H groups in total. The fourth-order valence-corrected chi connectivity index (χ4v) is 0.904. The summed E-state index contributed by atoms with van der Waals surface area (Å²) in [5, 5.41) is 17.8. The largest absolute Gasteiger partial charge is 0.505 e. The molecule has 1 rings (SSSR count). The number of hydrogen-bond donors (Lipinski definition) is 3. The van der Waals surface area contributed by atoms with Crippen molar-refractivity contribution in [3.05, 3.63) is 23.3 Å². The zero-order valence-electron chi connectivity index (χ0n) is 6.53. The van der Waals surface area contributed by atoms with E-state index in [9.17, 15) is 9.90 Å². The molecule has 4 nitrogen and oxygen atoms in total. The summed E-state index contributed by atoms with van der Waals surface area (Å²) in [6.07, 6.45) is 0. The van der Waals surface area contributed by atoms with Gasteiger partial charge in [-0.2, -0.15) is 0 Å². The number of aromatic carboxylic acids is 1. The Balaban J connectivity index is 3.36. The Morgan fingerprint density at radius 2 is 2.08 bits per heavy atom. The molecule has 0 aromatic heterocycles. The molecule has 0 aliphatic rings. The van der Waals surface area contributed by atoms with Crippen LogP contribution in [0, 0.1) is 6.92 Å². The lowest BCUT2D eigenvalue weighted by molar-refractivity contribution is 0.0697. The van der Waals surface area contributed by atoms with Crippen LogP contribution in [0.25, 0.3) is 0 Å². The zero-order valence-corrected chi connectivity index (χ0v) is 6.53. The molecular weight excluding hydrogens is 158 g/mol. The van der Waals surface area contributed by atoms with Crippen LogP contribution in [0.15, 0.2) is 12.1 Å². The van der Waals surface area contributed by atoms with Crippen LogP contribution >= 0.6 is 0 Å². The van der Waals surface area contributed by atoms with Gasteiger partial charge >= 0.3 is 5.97 Å². The number of nitrogens with two attached hydrogens (primary N) is 1. The van der Waals surface area contributed by atoms with Crippen molar-refractivity contribution in [2.75, 3.05) is 5.73 Å². The second-order valence-electron chi connectivity index (χ2n) is 2.50. The van der Waals surface area contributed by atoms with Gasteiger partial charge in [-0.1, -0.05) is 6.07 Å². The predicted octanol–water partition coefficient (Wildman–Crippen LogP) is 0.981. The van der Waals surface area contributed by atoms with E-state index < -0.39 is 5.97 Å². The highest BCUT2D eigenvalue weighted by molar-refractivity contribution is 5.95. The Labute approximate surface area is 69.3 Å². The van der Waals surface area contributed by atoms with Gasteiger partial charge in [-0.25, -0.2) is 4.79 Å². The third kappa shape index (κ3) is 1.18. The average Bonchev–Trinajstić information content (AvgIpc) is 2.00. The highest BCUT2D eigenvalue weighted by Gasteiger charge is 2.11. The van der Waals surface area contributed by atoms with Gasteiger partial charge in [0.15, 0.2) is 0 Å². The van der Waals surface area contributed by atoms with E-state index in [0.29, 0.717) is 5.56 Å². The van der Waals surface area contributed by atoms with Crippen LogP contribution in [0.2, 0.25) is 0 Å². The molecule has 0 saturated carbocycles. The summed E-state index contributed by atoms with van der Waals surface area (Å²) in [6, 6.07) is 2.88. The number of anilines is 1. The number of carboxylic acid groups (broad SMARTS) is 1. The Morgan fingerprint density at radius 3 is 2.58 bits per heavy atom. The molecule has 0 aliphatic carbocycles. The molecule has 0 amide bonds. The topological polar surface area (TPSA) is 83.5 Å². The lowest BCUT2D eigenvalue weighted by Gasteiger charge is -2.04. The summed E-state index contributed by atoms with van der Waals surface area (Å²) >= 11 is 0. The maximum Gasteiger partial charge on any atom is 0.337 e. The van der Waals surface area contributed by atoms with Gasteiger partial charge in [0.1, 0.15) is 5.75 Å². The second-order valence-corrected chi connectivity index (χ2v) is 2.50. The minimum atomic E-state index is -1.14. The van der Waals surface area contributed by atoms with Gasteiger partial charge in [0, 0.05) is 0 Å². The number of aryl methyl sites for hydroxylation is 1. The van der Waals surface area contributed by atoms with Crippen LogP contribution < -0.4 is 5.73 Å². The van der Waals surface area contributed by atoms with E-state index in [-0.39, 0.29) is 17.0 Å². The van der Waals surface area contributed by atoms with Crippen molar-refractivity contribution in [2.24, 2.45) is 0 Å². The lowest BCUT2D eigenvalue weighted by atomic mass is 10.1. The molecule has 1 aromatic rings. The monoisotopic (exact) mass is 167 g/mol. The number of carboxylic acids is 1.